The maximum absolute atomic E-state index is 14.7. The summed E-state index contributed by atoms with van der Waals surface area (Å²) >= 11 is 6.78. The van der Waals surface area contributed by atoms with Crippen molar-refractivity contribution < 1.29 is 23.8 Å². The van der Waals surface area contributed by atoms with Crippen LogP contribution >= 0.6 is 11.6 Å². The Hall–Kier alpha value is -4.29. The summed E-state index contributed by atoms with van der Waals surface area (Å²) in [5.41, 5.74) is 5.34. The van der Waals surface area contributed by atoms with Gasteiger partial charge in [0.15, 0.2) is 0 Å². The maximum Gasteiger partial charge on any atom is 0.149 e. The average Bonchev–Trinajstić information content (AvgIpc) is 3.47. The number of carbonyl (C=O) groups is 1. The molecule has 0 aliphatic heterocycles. The monoisotopic (exact) mass is 627 g/mol. The fourth-order valence-electron chi connectivity index (χ4n) is 5.51. The molecular weight excluding hydrogens is 593 g/mol. The average molecular weight is 628 g/mol. The van der Waals surface area contributed by atoms with E-state index in [4.69, 9.17) is 21.1 Å². The molecule has 4 aromatic rings. The zero-order valence-corrected chi connectivity index (χ0v) is 26.0. The largest absolute Gasteiger partial charge is 0.488 e. The van der Waals surface area contributed by atoms with Gasteiger partial charge in [-0.05, 0) is 60.6 Å². The van der Waals surface area contributed by atoms with Gasteiger partial charge in [-0.25, -0.2) is 4.39 Å². The number of rotatable bonds is 13. The van der Waals surface area contributed by atoms with Crippen LogP contribution in [-0.2, 0) is 24.4 Å². The van der Waals surface area contributed by atoms with E-state index in [9.17, 15) is 19.6 Å². The van der Waals surface area contributed by atoms with Crippen molar-refractivity contribution in [2.75, 3.05) is 6.61 Å². The van der Waals surface area contributed by atoms with Crippen LogP contribution in [0.4, 0.5) is 4.39 Å². The van der Waals surface area contributed by atoms with E-state index < -0.39 is 6.04 Å². The Labute approximate surface area is 267 Å². The molecular formula is C36H35ClFN3O4. The molecule has 0 fully saturated rings. The minimum Gasteiger partial charge on any atom is -0.488 e. The first-order chi connectivity index (χ1) is 21.8. The van der Waals surface area contributed by atoms with Crippen molar-refractivity contribution in [2.45, 2.75) is 58.4 Å². The second-order valence-electron chi connectivity index (χ2n) is 11.4. The van der Waals surface area contributed by atoms with Gasteiger partial charge in [0.25, 0.3) is 0 Å². The van der Waals surface area contributed by atoms with Crippen molar-refractivity contribution in [3.63, 3.8) is 0 Å². The zero-order valence-electron chi connectivity index (χ0n) is 25.2. The van der Waals surface area contributed by atoms with E-state index in [0.29, 0.717) is 40.6 Å². The van der Waals surface area contributed by atoms with Crippen LogP contribution in [-0.4, -0.2) is 28.5 Å². The molecule has 5 rings (SSSR count). The van der Waals surface area contributed by atoms with Crippen LogP contribution < -0.4 is 14.8 Å². The number of carbonyl (C=O) groups excluding carboxylic acids is 1. The number of nitrogens with zero attached hydrogens (tertiary/aromatic N) is 2. The molecule has 7 nitrogen and oxygen atoms in total. The predicted molar refractivity (Wildman–Crippen MR) is 170 cm³/mol. The molecule has 1 aliphatic carbocycles. The van der Waals surface area contributed by atoms with Crippen LogP contribution in [0.15, 0.2) is 73.1 Å². The lowest BCUT2D eigenvalue weighted by atomic mass is 9.96. The number of aliphatic hydroxyl groups is 1. The third kappa shape index (κ3) is 7.69. The number of halogens is 2. The lowest BCUT2D eigenvalue weighted by molar-refractivity contribution is -0.121. The SMILES string of the molecule is CC(CO)CC(=O)C(C)NCc1cc(Cl)c(O[C@H]2CCc3c(-c4ccccc4F)cccc32)cc1OCc1cncc(C#N)c1. The van der Waals surface area contributed by atoms with Gasteiger partial charge in [-0.2, -0.15) is 5.26 Å². The molecule has 9 heteroatoms. The molecule has 0 saturated heterocycles. The highest BCUT2D eigenvalue weighted by molar-refractivity contribution is 6.32. The molecule has 2 unspecified atom stereocenters. The number of hydrogen-bond acceptors (Lipinski definition) is 7. The summed E-state index contributed by atoms with van der Waals surface area (Å²) in [5, 5.41) is 22.2. The Bertz CT molecular complexity index is 1720. The van der Waals surface area contributed by atoms with E-state index in [1.807, 2.05) is 31.2 Å². The number of fused-ring (bicyclic) bond motifs is 1. The van der Waals surface area contributed by atoms with Gasteiger partial charge in [-0.15, -0.1) is 0 Å². The molecule has 3 atom stereocenters. The highest BCUT2D eigenvalue weighted by Gasteiger charge is 2.28. The number of hydrogen-bond donors (Lipinski definition) is 2. The van der Waals surface area contributed by atoms with Gasteiger partial charge < -0.3 is 19.9 Å². The molecule has 0 spiro atoms. The van der Waals surface area contributed by atoms with Crippen molar-refractivity contribution in [3.05, 3.63) is 112 Å². The minimum absolute atomic E-state index is 0.000821. The van der Waals surface area contributed by atoms with Gasteiger partial charge in [-0.3, -0.25) is 9.78 Å². The summed E-state index contributed by atoms with van der Waals surface area (Å²) in [6.07, 6.45) is 4.54. The van der Waals surface area contributed by atoms with E-state index in [-0.39, 0.29) is 43.3 Å². The first-order valence-corrected chi connectivity index (χ1v) is 15.3. The summed E-state index contributed by atoms with van der Waals surface area (Å²) in [6.45, 7) is 4.01. The van der Waals surface area contributed by atoms with E-state index in [1.54, 1.807) is 43.5 Å². The zero-order chi connectivity index (χ0) is 31.9. The van der Waals surface area contributed by atoms with Crippen molar-refractivity contribution in [1.29, 1.82) is 5.26 Å². The standard InChI is InChI=1S/C36H35ClFN3O4/c1-22(20-42)12-33(43)23(2)41-19-26-14-31(37)36(15-35(26)44-21-25-13-24(16-39)17-40-18-25)45-34-11-10-28-27(7-5-8-30(28)34)29-6-3-4-9-32(29)38/h3-9,13-15,17-18,22-23,34,41-42H,10-12,19-21H2,1-2H3/t22?,23?,34-/m0/s1. The number of benzene rings is 3. The first kappa shape index (κ1) is 32.1. The number of nitriles is 1. The second-order valence-corrected chi connectivity index (χ2v) is 11.8. The van der Waals surface area contributed by atoms with E-state index >= 15 is 0 Å². The van der Waals surface area contributed by atoms with E-state index in [2.05, 4.69) is 16.4 Å². The summed E-state index contributed by atoms with van der Waals surface area (Å²) < 4.78 is 27.4. The van der Waals surface area contributed by atoms with Crippen LogP contribution in [0.25, 0.3) is 11.1 Å². The van der Waals surface area contributed by atoms with Crippen molar-refractivity contribution >= 4 is 17.4 Å². The summed E-state index contributed by atoms with van der Waals surface area (Å²) in [6, 6.07) is 19.5. The molecule has 0 amide bonds. The smallest absolute Gasteiger partial charge is 0.149 e. The number of Topliss-reactive ketones (excluding diaryl/α,β-unsaturated/α-hetero) is 1. The maximum atomic E-state index is 14.7. The van der Waals surface area contributed by atoms with Crippen LogP contribution in [0, 0.1) is 23.1 Å². The third-order valence-corrected chi connectivity index (χ3v) is 8.32. The van der Waals surface area contributed by atoms with E-state index in [1.165, 1.54) is 12.3 Å². The molecule has 232 valence electrons. The fourth-order valence-corrected chi connectivity index (χ4v) is 5.74. The number of pyridine rings is 1. The van der Waals surface area contributed by atoms with Gasteiger partial charge in [0.2, 0.25) is 0 Å². The van der Waals surface area contributed by atoms with Crippen molar-refractivity contribution in [1.82, 2.24) is 10.3 Å². The Morgan fingerprint density at radius 1 is 1.13 bits per heavy atom. The van der Waals surface area contributed by atoms with E-state index in [0.717, 1.165) is 34.2 Å². The van der Waals surface area contributed by atoms with Crippen LogP contribution in [0.2, 0.25) is 5.02 Å². The Kier molecular flexibility index (Phi) is 10.5. The number of ether oxygens (including phenoxy) is 2. The molecule has 0 saturated carbocycles. The highest BCUT2D eigenvalue weighted by Crippen LogP contribution is 2.43. The highest BCUT2D eigenvalue weighted by atomic mass is 35.5. The van der Waals surface area contributed by atoms with Gasteiger partial charge in [0.1, 0.15) is 41.9 Å². The van der Waals surface area contributed by atoms with Crippen LogP contribution in [0.3, 0.4) is 0 Å². The van der Waals surface area contributed by atoms with Crippen molar-refractivity contribution in [2.24, 2.45) is 5.92 Å². The Balaban J connectivity index is 1.40. The topological polar surface area (TPSA) is 104 Å². The van der Waals surface area contributed by atoms with Crippen LogP contribution in [0.1, 0.15) is 60.6 Å². The molecule has 0 bridgehead atoms. The second kappa shape index (κ2) is 14.7. The number of ketones is 1. The van der Waals surface area contributed by atoms with Gasteiger partial charge in [0, 0.05) is 54.7 Å². The fraction of sp³-hybridized carbons (Fsp3) is 0.306. The lowest BCUT2D eigenvalue weighted by Gasteiger charge is -2.21. The predicted octanol–water partition coefficient (Wildman–Crippen LogP) is 7.12. The summed E-state index contributed by atoms with van der Waals surface area (Å²) in [4.78, 5) is 16.7. The lowest BCUT2D eigenvalue weighted by Crippen LogP contribution is -2.34. The number of aliphatic hydroxyl groups excluding tert-OH is 1. The van der Waals surface area contributed by atoms with Crippen molar-refractivity contribution in [3.8, 4) is 28.7 Å². The number of aromatic nitrogens is 1. The molecule has 0 radical (unpaired) electrons. The quantitative estimate of drug-likeness (QED) is 0.163. The third-order valence-electron chi connectivity index (χ3n) is 8.03. The number of nitrogens with one attached hydrogen (secondary N) is 1. The first-order valence-electron chi connectivity index (χ1n) is 15.0. The normalized spacial score (nSPS) is 15.2. The molecule has 2 N–H and O–H groups in total. The Morgan fingerprint density at radius 2 is 1.93 bits per heavy atom. The van der Waals surface area contributed by atoms with Crippen LogP contribution in [0.5, 0.6) is 11.5 Å². The minimum atomic E-state index is -0.448. The summed E-state index contributed by atoms with van der Waals surface area (Å²) in [7, 11) is 0. The van der Waals surface area contributed by atoms with Gasteiger partial charge in [0.05, 0.1) is 16.6 Å². The van der Waals surface area contributed by atoms with Gasteiger partial charge in [-0.1, -0.05) is 54.9 Å². The molecule has 1 aliphatic rings. The summed E-state index contributed by atoms with van der Waals surface area (Å²) in [5.74, 6) is 0.561. The van der Waals surface area contributed by atoms with Gasteiger partial charge >= 0.3 is 0 Å². The molecule has 1 aromatic heterocycles. The molecule has 1 heterocycles. The Morgan fingerprint density at radius 3 is 2.71 bits per heavy atom. The molecule has 45 heavy (non-hydrogen) atoms. The molecule has 3 aromatic carbocycles.